The van der Waals surface area contributed by atoms with Gasteiger partial charge in [-0.15, -0.1) is 5.10 Å². The van der Waals surface area contributed by atoms with Crippen molar-refractivity contribution in [2.45, 2.75) is 40.2 Å². The van der Waals surface area contributed by atoms with Gasteiger partial charge < -0.3 is 5.11 Å². The Hall–Kier alpha value is -2.17. The Bertz CT molecular complexity index is 645. The minimum Gasteiger partial charge on any atom is -0.476 e. The quantitative estimate of drug-likeness (QED) is 0.930. The summed E-state index contributed by atoms with van der Waals surface area (Å²) < 4.78 is 1.68. The van der Waals surface area contributed by atoms with Crippen molar-refractivity contribution in [1.29, 1.82) is 0 Å². The van der Waals surface area contributed by atoms with Crippen molar-refractivity contribution in [2.75, 3.05) is 0 Å². The molecule has 0 aliphatic heterocycles. The molecule has 0 radical (unpaired) electrons. The summed E-state index contributed by atoms with van der Waals surface area (Å²) >= 11 is 0. The number of aryl methyl sites for hydroxylation is 2. The fourth-order valence-electron chi connectivity index (χ4n) is 2.24. The molecule has 0 amide bonds. The number of aromatic nitrogens is 3. The number of carbonyl (C=O) groups is 1. The molecular weight excluding hydrogens is 254 g/mol. The van der Waals surface area contributed by atoms with Crippen molar-refractivity contribution in [3.63, 3.8) is 0 Å². The first-order valence-electron chi connectivity index (χ1n) is 6.63. The number of aromatic carboxylic acids is 1. The zero-order valence-electron chi connectivity index (χ0n) is 12.2. The van der Waals surface area contributed by atoms with Crippen LogP contribution >= 0.6 is 0 Å². The molecule has 0 saturated carbocycles. The van der Waals surface area contributed by atoms with Crippen molar-refractivity contribution in [1.82, 2.24) is 15.0 Å². The Labute approximate surface area is 118 Å². The summed E-state index contributed by atoms with van der Waals surface area (Å²) in [6, 6.07) is 6.20. The maximum absolute atomic E-state index is 11.2. The number of carboxylic acid groups (broad SMARTS) is 1. The van der Waals surface area contributed by atoms with E-state index in [9.17, 15) is 4.79 Å². The van der Waals surface area contributed by atoms with Gasteiger partial charge >= 0.3 is 5.97 Å². The normalized spacial score (nSPS) is 11.1. The van der Waals surface area contributed by atoms with Gasteiger partial charge in [0.1, 0.15) is 0 Å². The fraction of sp³-hybridized carbons (Fsp3) is 0.400. The van der Waals surface area contributed by atoms with Crippen molar-refractivity contribution in [2.24, 2.45) is 0 Å². The van der Waals surface area contributed by atoms with E-state index in [0.717, 1.165) is 5.56 Å². The summed E-state index contributed by atoms with van der Waals surface area (Å²) in [5.41, 5.74) is 4.26. The molecule has 20 heavy (non-hydrogen) atoms. The van der Waals surface area contributed by atoms with E-state index in [1.807, 2.05) is 19.9 Å². The molecule has 106 valence electrons. The van der Waals surface area contributed by atoms with Gasteiger partial charge in [-0.25, -0.2) is 9.48 Å². The monoisotopic (exact) mass is 273 g/mol. The Balaban J connectivity index is 2.38. The van der Waals surface area contributed by atoms with Gasteiger partial charge in [0.15, 0.2) is 5.69 Å². The van der Waals surface area contributed by atoms with Gasteiger partial charge in [0.25, 0.3) is 0 Å². The van der Waals surface area contributed by atoms with Crippen LogP contribution in [-0.4, -0.2) is 26.1 Å². The average Bonchev–Trinajstić information content (AvgIpc) is 2.78. The standard InChI is InChI=1S/C15H19N3O2/c1-9(2)14-13(15(19)20)16-17-18(14)8-12-6-5-10(3)11(4)7-12/h5-7,9H,8H2,1-4H3,(H,19,20). The first kappa shape index (κ1) is 14.2. The van der Waals surface area contributed by atoms with Crippen molar-refractivity contribution in [3.05, 3.63) is 46.3 Å². The first-order valence-corrected chi connectivity index (χ1v) is 6.63. The molecular formula is C15H19N3O2. The molecule has 0 bridgehead atoms. The molecule has 0 unspecified atom stereocenters. The number of rotatable bonds is 4. The lowest BCUT2D eigenvalue weighted by Crippen LogP contribution is -2.11. The number of carboxylic acids is 1. The molecule has 0 aliphatic rings. The Morgan fingerprint density at radius 1 is 1.30 bits per heavy atom. The Kier molecular flexibility index (Phi) is 3.88. The van der Waals surface area contributed by atoms with Gasteiger partial charge in [0.05, 0.1) is 12.2 Å². The summed E-state index contributed by atoms with van der Waals surface area (Å²) in [6.45, 7) is 8.56. The number of hydrogen-bond acceptors (Lipinski definition) is 3. The summed E-state index contributed by atoms with van der Waals surface area (Å²) in [6.07, 6.45) is 0. The predicted molar refractivity (Wildman–Crippen MR) is 76.1 cm³/mol. The number of nitrogens with zero attached hydrogens (tertiary/aromatic N) is 3. The highest BCUT2D eigenvalue weighted by atomic mass is 16.4. The maximum atomic E-state index is 11.2. The van der Waals surface area contributed by atoms with Gasteiger partial charge in [-0.1, -0.05) is 37.3 Å². The Morgan fingerprint density at radius 3 is 2.55 bits per heavy atom. The van der Waals surface area contributed by atoms with Gasteiger partial charge in [-0.3, -0.25) is 0 Å². The molecule has 5 nitrogen and oxygen atoms in total. The fourth-order valence-corrected chi connectivity index (χ4v) is 2.24. The average molecular weight is 273 g/mol. The molecule has 1 heterocycles. The second-order valence-electron chi connectivity index (χ2n) is 5.36. The van der Waals surface area contributed by atoms with E-state index in [1.165, 1.54) is 11.1 Å². The van der Waals surface area contributed by atoms with Crippen LogP contribution in [0.2, 0.25) is 0 Å². The van der Waals surface area contributed by atoms with Crippen LogP contribution in [0.3, 0.4) is 0 Å². The topological polar surface area (TPSA) is 68.0 Å². The molecule has 1 aromatic carbocycles. The number of benzene rings is 1. The van der Waals surface area contributed by atoms with Gasteiger partial charge in [-0.2, -0.15) is 0 Å². The van der Waals surface area contributed by atoms with Crippen LogP contribution in [0, 0.1) is 13.8 Å². The highest BCUT2D eigenvalue weighted by Crippen LogP contribution is 2.19. The van der Waals surface area contributed by atoms with E-state index in [2.05, 4.69) is 36.3 Å². The molecule has 5 heteroatoms. The minimum atomic E-state index is -1.03. The summed E-state index contributed by atoms with van der Waals surface area (Å²) in [4.78, 5) is 11.2. The van der Waals surface area contributed by atoms with Crippen molar-refractivity contribution in [3.8, 4) is 0 Å². The number of hydrogen-bond donors (Lipinski definition) is 1. The van der Waals surface area contributed by atoms with E-state index in [-0.39, 0.29) is 11.6 Å². The van der Waals surface area contributed by atoms with Crippen molar-refractivity contribution >= 4 is 5.97 Å². The molecule has 0 aliphatic carbocycles. The lowest BCUT2D eigenvalue weighted by atomic mass is 10.1. The van der Waals surface area contributed by atoms with E-state index < -0.39 is 5.97 Å². The van der Waals surface area contributed by atoms with E-state index >= 15 is 0 Å². The zero-order valence-corrected chi connectivity index (χ0v) is 12.2. The Morgan fingerprint density at radius 2 is 2.00 bits per heavy atom. The van der Waals surface area contributed by atoms with Crippen molar-refractivity contribution < 1.29 is 9.90 Å². The molecule has 0 atom stereocenters. The molecule has 2 aromatic rings. The molecule has 0 fully saturated rings. The van der Waals surface area contributed by atoms with E-state index in [4.69, 9.17) is 5.11 Å². The third kappa shape index (κ3) is 2.71. The molecule has 1 N–H and O–H groups in total. The van der Waals surface area contributed by atoms with Crippen LogP contribution < -0.4 is 0 Å². The van der Waals surface area contributed by atoms with E-state index in [1.54, 1.807) is 4.68 Å². The predicted octanol–water partition coefficient (Wildman–Crippen LogP) is 2.76. The molecule has 0 spiro atoms. The summed E-state index contributed by atoms with van der Waals surface area (Å²) in [7, 11) is 0. The van der Waals surface area contributed by atoms with Crippen LogP contribution in [0.15, 0.2) is 18.2 Å². The zero-order chi connectivity index (χ0) is 14.9. The third-order valence-electron chi connectivity index (χ3n) is 3.43. The second kappa shape index (κ2) is 5.45. The molecule has 1 aromatic heterocycles. The second-order valence-corrected chi connectivity index (χ2v) is 5.36. The summed E-state index contributed by atoms with van der Waals surface area (Å²) in [5.74, 6) is -0.970. The lowest BCUT2D eigenvalue weighted by Gasteiger charge is -2.11. The van der Waals surface area contributed by atoms with Gasteiger partial charge in [0, 0.05) is 0 Å². The molecule has 0 saturated heterocycles. The van der Waals surface area contributed by atoms with Crippen LogP contribution in [0.1, 0.15) is 52.6 Å². The minimum absolute atomic E-state index is 0.0452. The van der Waals surface area contributed by atoms with Crippen LogP contribution in [-0.2, 0) is 6.54 Å². The maximum Gasteiger partial charge on any atom is 0.358 e. The highest BCUT2D eigenvalue weighted by molar-refractivity contribution is 5.86. The molecule has 2 rings (SSSR count). The van der Waals surface area contributed by atoms with Gasteiger partial charge in [-0.05, 0) is 36.5 Å². The lowest BCUT2D eigenvalue weighted by molar-refractivity contribution is 0.0688. The summed E-state index contributed by atoms with van der Waals surface area (Å²) in [5, 5.41) is 16.9. The van der Waals surface area contributed by atoms with E-state index in [0.29, 0.717) is 12.2 Å². The smallest absolute Gasteiger partial charge is 0.358 e. The highest BCUT2D eigenvalue weighted by Gasteiger charge is 2.21. The SMILES string of the molecule is Cc1ccc(Cn2nnc(C(=O)O)c2C(C)C)cc1C. The first-order chi connectivity index (χ1) is 9.40. The van der Waals surface area contributed by atoms with Crippen LogP contribution in [0.4, 0.5) is 0 Å². The van der Waals surface area contributed by atoms with Crippen LogP contribution in [0.25, 0.3) is 0 Å². The van der Waals surface area contributed by atoms with Gasteiger partial charge in [0.2, 0.25) is 0 Å². The largest absolute Gasteiger partial charge is 0.476 e. The van der Waals surface area contributed by atoms with Crippen LogP contribution in [0.5, 0.6) is 0 Å². The third-order valence-corrected chi connectivity index (χ3v) is 3.43.